The first-order valence-electron chi connectivity index (χ1n) is 6.67. The first kappa shape index (κ1) is 13.3. The second-order valence-electron chi connectivity index (χ2n) is 4.88. The maximum Gasteiger partial charge on any atom is 0.336 e. The highest BCUT2D eigenvalue weighted by molar-refractivity contribution is 5.90. The van der Waals surface area contributed by atoms with Crippen molar-refractivity contribution in [1.29, 1.82) is 0 Å². The van der Waals surface area contributed by atoms with Crippen LogP contribution in [0, 0.1) is 0 Å². The van der Waals surface area contributed by atoms with Gasteiger partial charge in [0.25, 0.3) is 0 Å². The molecule has 0 saturated heterocycles. The minimum absolute atomic E-state index is 0.0430. The van der Waals surface area contributed by atoms with Gasteiger partial charge in [-0.2, -0.15) is 0 Å². The smallest absolute Gasteiger partial charge is 0.336 e. The van der Waals surface area contributed by atoms with Crippen LogP contribution in [0.3, 0.4) is 0 Å². The van der Waals surface area contributed by atoms with Crippen molar-refractivity contribution >= 4 is 11.7 Å². The van der Waals surface area contributed by atoms with E-state index in [-0.39, 0.29) is 11.3 Å². The van der Waals surface area contributed by atoms with E-state index in [4.69, 9.17) is 4.74 Å². The zero-order valence-corrected chi connectivity index (χ0v) is 11.3. The van der Waals surface area contributed by atoms with Gasteiger partial charge in [0.05, 0.1) is 17.8 Å². The summed E-state index contributed by atoms with van der Waals surface area (Å²) in [6, 6.07) is 12.1. The number of carbonyl (C=O) groups is 1. The summed E-state index contributed by atoms with van der Waals surface area (Å²) in [6.45, 7) is 1.72. The van der Waals surface area contributed by atoms with Crippen molar-refractivity contribution in [3.63, 3.8) is 0 Å². The topological polar surface area (TPSA) is 70.0 Å². The van der Waals surface area contributed by atoms with Crippen LogP contribution in [0.25, 0.3) is 0 Å². The predicted octanol–water partition coefficient (Wildman–Crippen LogP) is 2.49. The van der Waals surface area contributed by atoms with E-state index in [9.17, 15) is 15.0 Å². The van der Waals surface area contributed by atoms with Crippen LogP contribution in [-0.4, -0.2) is 29.3 Å². The first-order valence-corrected chi connectivity index (χ1v) is 6.67. The number of hydrogen-bond donors (Lipinski definition) is 2. The zero-order valence-electron chi connectivity index (χ0n) is 11.3. The average Bonchev–Trinajstić information content (AvgIpc) is 2.49. The van der Waals surface area contributed by atoms with Crippen molar-refractivity contribution in [2.75, 3.05) is 18.1 Å². The number of hydrogen-bond acceptors (Lipinski definition) is 4. The molecule has 1 heterocycles. The van der Waals surface area contributed by atoms with Gasteiger partial charge in [0.1, 0.15) is 18.1 Å². The average molecular weight is 285 g/mol. The quantitative estimate of drug-likeness (QED) is 0.906. The maximum atomic E-state index is 11.3. The molecular weight excluding hydrogens is 270 g/mol. The number of rotatable bonds is 3. The Labute approximate surface area is 122 Å². The van der Waals surface area contributed by atoms with E-state index < -0.39 is 5.97 Å². The molecule has 0 amide bonds. The van der Waals surface area contributed by atoms with E-state index in [0.29, 0.717) is 25.3 Å². The molecular formula is C16H15NO4. The number of carboxylic acids is 1. The Morgan fingerprint density at radius 3 is 2.86 bits per heavy atom. The van der Waals surface area contributed by atoms with E-state index in [2.05, 4.69) is 4.90 Å². The normalized spacial score (nSPS) is 13.4. The Kier molecular flexibility index (Phi) is 3.39. The molecule has 21 heavy (non-hydrogen) atoms. The summed E-state index contributed by atoms with van der Waals surface area (Å²) >= 11 is 0. The fourth-order valence-corrected chi connectivity index (χ4v) is 2.50. The van der Waals surface area contributed by atoms with Crippen LogP contribution in [0.15, 0.2) is 42.5 Å². The highest BCUT2D eigenvalue weighted by Crippen LogP contribution is 2.32. The molecule has 108 valence electrons. The summed E-state index contributed by atoms with van der Waals surface area (Å²) in [7, 11) is 0. The van der Waals surface area contributed by atoms with Gasteiger partial charge >= 0.3 is 5.97 Å². The SMILES string of the molecule is O=C(O)c1cc(O)ccc1CN1CCOc2ccccc21. The Morgan fingerprint density at radius 2 is 2.05 bits per heavy atom. The van der Waals surface area contributed by atoms with Crippen molar-refractivity contribution in [3.8, 4) is 11.5 Å². The molecule has 1 aliphatic heterocycles. The number of para-hydroxylation sites is 2. The van der Waals surface area contributed by atoms with Crippen LogP contribution < -0.4 is 9.64 Å². The Hall–Kier alpha value is -2.69. The van der Waals surface area contributed by atoms with E-state index in [1.165, 1.54) is 12.1 Å². The van der Waals surface area contributed by atoms with Crippen LogP contribution in [0.1, 0.15) is 15.9 Å². The minimum Gasteiger partial charge on any atom is -0.508 e. The Bertz CT molecular complexity index is 684. The molecule has 0 atom stereocenters. The van der Waals surface area contributed by atoms with Gasteiger partial charge in [-0.1, -0.05) is 18.2 Å². The van der Waals surface area contributed by atoms with E-state index >= 15 is 0 Å². The van der Waals surface area contributed by atoms with Crippen molar-refractivity contribution in [2.24, 2.45) is 0 Å². The summed E-state index contributed by atoms with van der Waals surface area (Å²) in [5.41, 5.74) is 1.74. The van der Waals surface area contributed by atoms with Gasteiger partial charge in [-0.25, -0.2) is 4.79 Å². The standard InChI is InChI=1S/C16H15NO4/c18-12-6-5-11(13(9-12)16(19)20)10-17-7-8-21-15-4-2-1-3-14(15)17/h1-6,9,18H,7-8,10H2,(H,19,20). The number of fused-ring (bicyclic) bond motifs is 1. The van der Waals surface area contributed by atoms with Gasteiger partial charge in [0, 0.05) is 6.54 Å². The molecule has 1 aliphatic rings. The summed E-state index contributed by atoms with van der Waals surface area (Å²) in [5, 5.41) is 18.7. The highest BCUT2D eigenvalue weighted by Gasteiger charge is 2.20. The molecule has 5 nitrogen and oxygen atoms in total. The van der Waals surface area contributed by atoms with E-state index in [0.717, 1.165) is 11.4 Å². The largest absolute Gasteiger partial charge is 0.508 e. The zero-order chi connectivity index (χ0) is 14.8. The van der Waals surface area contributed by atoms with Gasteiger partial charge < -0.3 is 19.8 Å². The predicted molar refractivity (Wildman–Crippen MR) is 78.1 cm³/mol. The summed E-state index contributed by atoms with van der Waals surface area (Å²) < 4.78 is 5.59. The van der Waals surface area contributed by atoms with E-state index in [1.807, 2.05) is 24.3 Å². The summed E-state index contributed by atoms with van der Waals surface area (Å²) in [4.78, 5) is 13.4. The van der Waals surface area contributed by atoms with Crippen molar-refractivity contribution in [2.45, 2.75) is 6.54 Å². The van der Waals surface area contributed by atoms with E-state index in [1.54, 1.807) is 6.07 Å². The molecule has 0 fully saturated rings. The number of anilines is 1. The first-order chi connectivity index (χ1) is 10.1. The molecule has 0 spiro atoms. The molecule has 0 saturated carbocycles. The second kappa shape index (κ2) is 5.36. The van der Waals surface area contributed by atoms with Gasteiger partial charge in [-0.3, -0.25) is 0 Å². The molecule has 2 aromatic carbocycles. The molecule has 0 aromatic heterocycles. The minimum atomic E-state index is -1.04. The van der Waals surface area contributed by atoms with Gasteiger partial charge in [-0.05, 0) is 29.8 Å². The number of phenolic OH excluding ortho intramolecular Hbond substituents is 1. The Balaban J connectivity index is 1.93. The lowest BCUT2D eigenvalue weighted by Crippen LogP contribution is -2.32. The molecule has 5 heteroatoms. The summed E-state index contributed by atoms with van der Waals surface area (Å²) in [5.74, 6) is -0.277. The molecule has 0 bridgehead atoms. The molecule has 2 N–H and O–H groups in total. The maximum absolute atomic E-state index is 11.3. The van der Waals surface area contributed by atoms with Gasteiger partial charge in [0.15, 0.2) is 0 Å². The van der Waals surface area contributed by atoms with Crippen molar-refractivity contribution in [1.82, 2.24) is 0 Å². The van der Waals surface area contributed by atoms with Gasteiger partial charge in [-0.15, -0.1) is 0 Å². The Morgan fingerprint density at radius 1 is 1.24 bits per heavy atom. The third-order valence-electron chi connectivity index (χ3n) is 3.51. The molecule has 0 radical (unpaired) electrons. The fourth-order valence-electron chi connectivity index (χ4n) is 2.50. The fraction of sp³-hybridized carbons (Fsp3) is 0.188. The number of nitrogens with zero attached hydrogens (tertiary/aromatic N) is 1. The van der Waals surface area contributed by atoms with Crippen LogP contribution in [0.4, 0.5) is 5.69 Å². The second-order valence-corrected chi connectivity index (χ2v) is 4.88. The number of benzene rings is 2. The third kappa shape index (κ3) is 2.63. The number of aromatic carboxylic acids is 1. The van der Waals surface area contributed by atoms with Crippen molar-refractivity contribution in [3.05, 3.63) is 53.6 Å². The van der Waals surface area contributed by atoms with Crippen LogP contribution in [0.5, 0.6) is 11.5 Å². The van der Waals surface area contributed by atoms with Crippen LogP contribution >= 0.6 is 0 Å². The lowest BCUT2D eigenvalue weighted by atomic mass is 10.1. The number of phenols is 1. The van der Waals surface area contributed by atoms with Crippen LogP contribution in [-0.2, 0) is 6.54 Å². The molecule has 3 rings (SSSR count). The van der Waals surface area contributed by atoms with Crippen LogP contribution in [0.2, 0.25) is 0 Å². The lowest BCUT2D eigenvalue weighted by molar-refractivity contribution is 0.0695. The molecule has 2 aromatic rings. The molecule has 0 unspecified atom stereocenters. The monoisotopic (exact) mass is 285 g/mol. The number of aromatic hydroxyl groups is 1. The van der Waals surface area contributed by atoms with Gasteiger partial charge in [0.2, 0.25) is 0 Å². The lowest BCUT2D eigenvalue weighted by Gasteiger charge is -2.31. The third-order valence-corrected chi connectivity index (χ3v) is 3.51. The molecule has 0 aliphatic carbocycles. The number of ether oxygens (including phenoxy) is 1. The van der Waals surface area contributed by atoms with Crippen molar-refractivity contribution < 1.29 is 19.7 Å². The summed E-state index contributed by atoms with van der Waals surface area (Å²) in [6.07, 6.45) is 0. The highest BCUT2D eigenvalue weighted by atomic mass is 16.5. The number of carboxylic acid groups (broad SMARTS) is 1.